The van der Waals surface area contributed by atoms with Gasteiger partial charge in [0, 0.05) is 5.92 Å². The minimum absolute atomic E-state index is 0.769. The molecule has 48 valence electrons. The minimum atomic E-state index is 0.769. The molecule has 0 aliphatic heterocycles. The summed E-state index contributed by atoms with van der Waals surface area (Å²) < 4.78 is 1.06. The molecule has 9 heavy (non-hydrogen) atoms. The lowest BCUT2D eigenvalue weighted by molar-refractivity contribution is 0.966. The van der Waals surface area contributed by atoms with E-state index in [-0.39, 0.29) is 0 Å². The van der Waals surface area contributed by atoms with Gasteiger partial charge in [-0.1, -0.05) is 11.3 Å². The fourth-order valence-electron chi connectivity index (χ4n) is 0.711. The van der Waals surface area contributed by atoms with E-state index in [0.29, 0.717) is 0 Å². The minimum Gasteiger partial charge on any atom is -0.142 e. The molecule has 0 N–H and O–H groups in total. The van der Waals surface area contributed by atoms with Crippen LogP contribution in [0.1, 0.15) is 23.8 Å². The van der Waals surface area contributed by atoms with Gasteiger partial charge in [-0.05, 0) is 35.4 Å². The molecule has 1 heterocycles. The van der Waals surface area contributed by atoms with E-state index < -0.39 is 0 Å². The van der Waals surface area contributed by atoms with E-state index in [0.717, 1.165) is 8.93 Å². The lowest BCUT2D eigenvalue weighted by Crippen LogP contribution is -1.74. The largest absolute Gasteiger partial charge is 0.178 e. The van der Waals surface area contributed by atoms with Crippen molar-refractivity contribution in [3.8, 4) is 0 Å². The van der Waals surface area contributed by atoms with Crippen LogP contribution < -0.4 is 0 Å². The van der Waals surface area contributed by atoms with E-state index in [2.05, 4.69) is 32.8 Å². The topological polar surface area (TPSA) is 25.8 Å². The highest BCUT2D eigenvalue weighted by molar-refractivity contribution is 14.1. The van der Waals surface area contributed by atoms with Crippen molar-refractivity contribution in [1.29, 1.82) is 0 Å². The Morgan fingerprint density at radius 2 is 2.22 bits per heavy atom. The van der Waals surface area contributed by atoms with Crippen LogP contribution in [-0.2, 0) is 0 Å². The predicted molar refractivity (Wildman–Crippen MR) is 44.6 cm³/mol. The van der Waals surface area contributed by atoms with Gasteiger partial charge in [-0.2, -0.15) is 0 Å². The average molecular weight is 252 g/mol. The fourth-order valence-corrected chi connectivity index (χ4v) is 2.23. The first kappa shape index (κ1) is 6.03. The van der Waals surface area contributed by atoms with E-state index in [1.54, 1.807) is 11.3 Å². The van der Waals surface area contributed by atoms with Crippen molar-refractivity contribution in [2.24, 2.45) is 0 Å². The zero-order valence-corrected chi connectivity index (χ0v) is 7.65. The summed E-state index contributed by atoms with van der Waals surface area (Å²) >= 11 is 3.93. The van der Waals surface area contributed by atoms with Gasteiger partial charge < -0.3 is 0 Å². The first-order valence-electron chi connectivity index (χ1n) is 2.85. The molecule has 2 rings (SSSR count). The van der Waals surface area contributed by atoms with Crippen LogP contribution in [0.2, 0.25) is 0 Å². The van der Waals surface area contributed by atoms with Crippen LogP contribution in [0.4, 0.5) is 0 Å². The predicted octanol–water partition coefficient (Wildman–Crippen LogP) is 2.02. The molecule has 0 radical (unpaired) electrons. The highest BCUT2D eigenvalue weighted by atomic mass is 127. The molecule has 1 aromatic heterocycles. The number of aromatic nitrogens is 2. The monoisotopic (exact) mass is 252 g/mol. The summed E-state index contributed by atoms with van der Waals surface area (Å²) in [6.45, 7) is 0. The fraction of sp³-hybridized carbons (Fsp3) is 0.600. The molecular weight excluding hydrogens is 247 g/mol. The van der Waals surface area contributed by atoms with Crippen LogP contribution in [0.25, 0.3) is 0 Å². The molecule has 2 nitrogen and oxygen atoms in total. The molecule has 0 spiro atoms. The molecule has 0 aromatic carbocycles. The second-order valence-electron chi connectivity index (χ2n) is 2.17. The zero-order valence-electron chi connectivity index (χ0n) is 4.67. The molecule has 1 aliphatic rings. The molecule has 0 bridgehead atoms. The van der Waals surface area contributed by atoms with Crippen molar-refractivity contribution in [3.63, 3.8) is 0 Å². The normalized spacial score (nSPS) is 18.3. The Hall–Kier alpha value is 0.290. The number of hydrogen-bond acceptors (Lipinski definition) is 3. The SMILES string of the molecule is Ic1nnc(C2CC2)s1. The maximum absolute atomic E-state index is 4.04. The van der Waals surface area contributed by atoms with E-state index >= 15 is 0 Å². The summed E-state index contributed by atoms with van der Waals surface area (Å²) in [7, 11) is 0. The van der Waals surface area contributed by atoms with Crippen molar-refractivity contribution < 1.29 is 0 Å². The van der Waals surface area contributed by atoms with Gasteiger partial charge in [-0.25, -0.2) is 0 Å². The van der Waals surface area contributed by atoms with E-state index in [9.17, 15) is 0 Å². The third-order valence-electron chi connectivity index (χ3n) is 1.34. The summed E-state index contributed by atoms with van der Waals surface area (Å²) in [6, 6.07) is 0. The van der Waals surface area contributed by atoms with E-state index in [1.807, 2.05) is 0 Å². The highest BCUT2D eigenvalue weighted by Gasteiger charge is 2.26. The standard InChI is InChI=1S/C5H5IN2S/c6-5-8-7-4(9-5)3-1-2-3/h3H,1-2H2. The highest BCUT2D eigenvalue weighted by Crippen LogP contribution is 2.41. The Kier molecular flexibility index (Phi) is 1.45. The Morgan fingerprint density at radius 1 is 1.44 bits per heavy atom. The molecule has 1 fully saturated rings. The van der Waals surface area contributed by atoms with Gasteiger partial charge in [0.1, 0.15) is 5.01 Å². The van der Waals surface area contributed by atoms with Crippen LogP contribution in [0.15, 0.2) is 0 Å². The molecule has 0 unspecified atom stereocenters. The van der Waals surface area contributed by atoms with Crippen LogP contribution in [0.3, 0.4) is 0 Å². The second kappa shape index (κ2) is 2.16. The lowest BCUT2D eigenvalue weighted by Gasteiger charge is -1.78. The molecule has 0 amide bonds. The summed E-state index contributed by atoms with van der Waals surface area (Å²) in [5, 5.41) is 9.21. The molecule has 1 saturated carbocycles. The van der Waals surface area contributed by atoms with Gasteiger partial charge in [0.05, 0.1) is 0 Å². The molecule has 0 atom stereocenters. The number of hydrogen-bond donors (Lipinski definition) is 0. The molecule has 1 aromatic rings. The van der Waals surface area contributed by atoms with Gasteiger partial charge >= 0.3 is 0 Å². The van der Waals surface area contributed by atoms with Crippen LogP contribution >= 0.6 is 33.9 Å². The van der Waals surface area contributed by atoms with Crippen LogP contribution in [-0.4, -0.2) is 10.2 Å². The maximum Gasteiger partial charge on any atom is 0.178 e. The average Bonchev–Trinajstić information content (AvgIpc) is 2.58. The number of nitrogens with zero attached hydrogens (tertiary/aromatic N) is 2. The summed E-state index contributed by atoms with van der Waals surface area (Å²) in [5.74, 6) is 0.769. The zero-order chi connectivity index (χ0) is 6.27. The number of halogens is 1. The van der Waals surface area contributed by atoms with E-state index in [1.165, 1.54) is 17.8 Å². The van der Waals surface area contributed by atoms with Gasteiger partial charge in [0.15, 0.2) is 3.01 Å². The molecular formula is C5H5IN2S. The first-order chi connectivity index (χ1) is 4.36. The summed E-state index contributed by atoms with van der Waals surface area (Å²) in [4.78, 5) is 0. The smallest absolute Gasteiger partial charge is 0.142 e. The van der Waals surface area contributed by atoms with Crippen molar-refractivity contribution in [3.05, 3.63) is 8.02 Å². The number of rotatable bonds is 1. The van der Waals surface area contributed by atoms with Crippen molar-refractivity contribution in [2.45, 2.75) is 18.8 Å². The first-order valence-corrected chi connectivity index (χ1v) is 4.74. The van der Waals surface area contributed by atoms with Gasteiger partial charge in [0.25, 0.3) is 0 Å². The quantitative estimate of drug-likeness (QED) is 0.714. The van der Waals surface area contributed by atoms with Crippen molar-refractivity contribution in [2.75, 3.05) is 0 Å². The lowest BCUT2D eigenvalue weighted by atomic mass is 10.5. The Morgan fingerprint density at radius 3 is 2.67 bits per heavy atom. The Balaban J connectivity index is 2.28. The maximum atomic E-state index is 4.04. The van der Waals surface area contributed by atoms with Gasteiger partial charge in [-0.3, -0.25) is 0 Å². The van der Waals surface area contributed by atoms with Gasteiger partial charge in [0.2, 0.25) is 0 Å². The Bertz CT molecular complexity index is 218. The summed E-state index contributed by atoms with van der Waals surface area (Å²) in [5.41, 5.74) is 0. The Labute approximate surface area is 70.8 Å². The van der Waals surface area contributed by atoms with Crippen molar-refractivity contribution >= 4 is 33.9 Å². The third kappa shape index (κ3) is 1.24. The van der Waals surface area contributed by atoms with Crippen LogP contribution in [0, 0.1) is 3.01 Å². The third-order valence-corrected chi connectivity index (χ3v) is 3.09. The van der Waals surface area contributed by atoms with Crippen LogP contribution in [0.5, 0.6) is 0 Å². The molecule has 0 saturated heterocycles. The van der Waals surface area contributed by atoms with Gasteiger partial charge in [-0.15, -0.1) is 10.2 Å². The summed E-state index contributed by atoms with van der Waals surface area (Å²) in [6.07, 6.45) is 2.65. The van der Waals surface area contributed by atoms with E-state index in [4.69, 9.17) is 0 Å². The second-order valence-corrected chi connectivity index (χ2v) is 4.93. The van der Waals surface area contributed by atoms with Crippen molar-refractivity contribution in [1.82, 2.24) is 10.2 Å². The molecule has 1 aliphatic carbocycles. The molecule has 4 heteroatoms.